The molecule has 3 rings (SSSR count). The zero-order chi connectivity index (χ0) is 12.0. The van der Waals surface area contributed by atoms with Gasteiger partial charge in [0.2, 0.25) is 0 Å². The molecule has 0 bridgehead atoms. The molecule has 3 atom stereocenters. The van der Waals surface area contributed by atoms with Gasteiger partial charge in [-0.05, 0) is 30.2 Å². The van der Waals surface area contributed by atoms with E-state index in [1.807, 2.05) is 12.1 Å². The van der Waals surface area contributed by atoms with E-state index >= 15 is 0 Å². The first-order chi connectivity index (χ1) is 8.16. The monoisotopic (exact) mass is 293 g/mol. The highest BCUT2D eigenvalue weighted by Gasteiger charge is 2.40. The van der Waals surface area contributed by atoms with Gasteiger partial charge in [0.1, 0.15) is 6.04 Å². The van der Waals surface area contributed by atoms with Gasteiger partial charge in [-0.15, -0.1) is 0 Å². The van der Waals surface area contributed by atoms with Crippen molar-refractivity contribution in [3.8, 4) is 0 Å². The Morgan fingerprint density at radius 3 is 3.06 bits per heavy atom. The van der Waals surface area contributed by atoms with Crippen LogP contribution >= 0.6 is 15.9 Å². The number of halogens is 1. The Morgan fingerprint density at radius 1 is 1.47 bits per heavy atom. The summed E-state index contributed by atoms with van der Waals surface area (Å²) in [7, 11) is 0. The summed E-state index contributed by atoms with van der Waals surface area (Å²) in [5.74, 6) is -0.406. The van der Waals surface area contributed by atoms with Gasteiger partial charge in [-0.25, -0.2) is 4.79 Å². The van der Waals surface area contributed by atoms with Gasteiger partial charge in [0.15, 0.2) is 0 Å². The molecule has 88 valence electrons. The molecule has 2 aliphatic rings. The van der Waals surface area contributed by atoms with Crippen LogP contribution < -0.4 is 5.32 Å². The van der Waals surface area contributed by atoms with E-state index in [4.69, 9.17) is 0 Å². The first-order valence-corrected chi connectivity index (χ1v) is 6.41. The number of benzene rings is 1. The van der Waals surface area contributed by atoms with Crippen LogP contribution in [-0.2, 0) is 4.79 Å². The Kier molecular flexibility index (Phi) is 2.47. The first-order valence-electron chi connectivity index (χ1n) is 5.62. The summed E-state index contributed by atoms with van der Waals surface area (Å²) in [5, 5.41) is 12.4. The molecule has 3 nitrogen and oxygen atoms in total. The molecule has 1 aromatic carbocycles. The normalized spacial score (nSPS) is 29.4. The van der Waals surface area contributed by atoms with Crippen LogP contribution in [0.3, 0.4) is 0 Å². The number of rotatable bonds is 1. The van der Waals surface area contributed by atoms with E-state index < -0.39 is 12.0 Å². The largest absolute Gasteiger partial charge is 0.480 e. The van der Waals surface area contributed by atoms with Crippen LogP contribution in [0.5, 0.6) is 0 Å². The van der Waals surface area contributed by atoms with E-state index in [1.54, 1.807) is 0 Å². The van der Waals surface area contributed by atoms with Crippen molar-refractivity contribution in [2.75, 3.05) is 5.32 Å². The number of aliphatic carboxylic acids is 1. The predicted octanol–water partition coefficient (Wildman–Crippen LogP) is 2.99. The van der Waals surface area contributed by atoms with Crippen LogP contribution in [0.1, 0.15) is 17.9 Å². The van der Waals surface area contributed by atoms with Gasteiger partial charge in [-0.2, -0.15) is 0 Å². The molecule has 1 aromatic rings. The summed E-state index contributed by atoms with van der Waals surface area (Å²) < 4.78 is 1.03. The van der Waals surface area contributed by atoms with Gasteiger partial charge in [-0.3, -0.25) is 0 Å². The average Bonchev–Trinajstić information content (AvgIpc) is 2.76. The second kappa shape index (κ2) is 3.88. The highest BCUT2D eigenvalue weighted by Crippen LogP contribution is 2.45. The van der Waals surface area contributed by atoms with Gasteiger partial charge in [0.05, 0.1) is 0 Å². The lowest BCUT2D eigenvalue weighted by Crippen LogP contribution is -2.41. The summed E-state index contributed by atoms with van der Waals surface area (Å²) in [6, 6.07) is 5.47. The number of fused-ring (bicyclic) bond motifs is 3. The SMILES string of the molecule is O=C(O)C1Nc2ccc(Br)cc2C2C=CCC12. The fourth-order valence-corrected chi connectivity index (χ4v) is 3.19. The van der Waals surface area contributed by atoms with Crippen molar-refractivity contribution in [2.45, 2.75) is 18.4 Å². The third kappa shape index (κ3) is 1.67. The topological polar surface area (TPSA) is 49.3 Å². The molecule has 1 aliphatic heterocycles. The molecular formula is C13H12BrNO2. The maximum Gasteiger partial charge on any atom is 0.326 e. The predicted molar refractivity (Wildman–Crippen MR) is 69.2 cm³/mol. The minimum Gasteiger partial charge on any atom is -0.480 e. The molecule has 2 N–H and O–H groups in total. The summed E-state index contributed by atoms with van der Waals surface area (Å²) in [6.45, 7) is 0. The van der Waals surface area contributed by atoms with Crippen molar-refractivity contribution in [2.24, 2.45) is 5.92 Å². The average molecular weight is 294 g/mol. The quantitative estimate of drug-likeness (QED) is 0.783. The van der Waals surface area contributed by atoms with Crippen molar-refractivity contribution in [1.82, 2.24) is 0 Å². The molecule has 0 aromatic heterocycles. The van der Waals surface area contributed by atoms with Crippen LogP contribution in [0.2, 0.25) is 0 Å². The number of nitrogens with one attached hydrogen (secondary N) is 1. The maximum absolute atomic E-state index is 11.3. The third-order valence-corrected chi connectivity index (χ3v) is 4.08. The minimum absolute atomic E-state index is 0.134. The summed E-state index contributed by atoms with van der Waals surface area (Å²) in [6.07, 6.45) is 5.05. The van der Waals surface area contributed by atoms with E-state index in [2.05, 4.69) is 39.5 Å². The zero-order valence-electron chi connectivity index (χ0n) is 9.06. The van der Waals surface area contributed by atoms with Crippen LogP contribution in [-0.4, -0.2) is 17.1 Å². The molecule has 0 radical (unpaired) electrons. The Morgan fingerprint density at radius 2 is 2.29 bits per heavy atom. The third-order valence-electron chi connectivity index (χ3n) is 3.59. The minimum atomic E-state index is -0.766. The van der Waals surface area contributed by atoms with Crippen LogP contribution in [0.4, 0.5) is 5.69 Å². The van der Waals surface area contributed by atoms with Gasteiger partial charge in [0, 0.05) is 22.0 Å². The van der Waals surface area contributed by atoms with E-state index in [0.717, 1.165) is 16.6 Å². The number of carboxylic acids is 1. The lowest BCUT2D eigenvalue weighted by molar-refractivity contribution is -0.139. The van der Waals surface area contributed by atoms with Crippen LogP contribution in [0.25, 0.3) is 0 Å². The Labute approximate surface area is 108 Å². The van der Waals surface area contributed by atoms with Gasteiger partial charge in [-0.1, -0.05) is 28.1 Å². The number of carboxylic acid groups (broad SMARTS) is 1. The summed E-state index contributed by atoms with van der Waals surface area (Å²) in [5.41, 5.74) is 2.13. The lowest BCUT2D eigenvalue weighted by Gasteiger charge is -2.34. The summed E-state index contributed by atoms with van der Waals surface area (Å²) >= 11 is 3.46. The highest BCUT2D eigenvalue weighted by atomic mass is 79.9. The number of hydrogen-bond donors (Lipinski definition) is 2. The van der Waals surface area contributed by atoms with Crippen molar-refractivity contribution in [1.29, 1.82) is 0 Å². The maximum atomic E-state index is 11.3. The van der Waals surface area contributed by atoms with Crippen molar-refractivity contribution < 1.29 is 9.90 Å². The molecule has 0 fully saturated rings. The number of allylic oxidation sites excluding steroid dienone is 2. The second-order valence-electron chi connectivity index (χ2n) is 4.55. The molecule has 1 heterocycles. The fourth-order valence-electron chi connectivity index (χ4n) is 2.81. The van der Waals surface area contributed by atoms with Crippen molar-refractivity contribution in [3.05, 3.63) is 40.4 Å². The standard InChI is InChI=1S/C13H12BrNO2/c14-7-4-5-11-10(6-7)8-2-1-3-9(8)12(15-11)13(16)17/h1-2,4-6,8-9,12,15H,3H2,(H,16,17). The Hall–Kier alpha value is -1.29. The molecular weight excluding hydrogens is 282 g/mol. The smallest absolute Gasteiger partial charge is 0.326 e. The van der Waals surface area contributed by atoms with E-state index in [0.29, 0.717) is 0 Å². The molecule has 1 aliphatic carbocycles. The van der Waals surface area contributed by atoms with Gasteiger partial charge < -0.3 is 10.4 Å². The van der Waals surface area contributed by atoms with Crippen molar-refractivity contribution >= 4 is 27.6 Å². The van der Waals surface area contributed by atoms with E-state index in [1.165, 1.54) is 5.56 Å². The summed E-state index contributed by atoms with van der Waals surface area (Å²) in [4.78, 5) is 11.3. The molecule has 0 saturated heterocycles. The number of hydrogen-bond acceptors (Lipinski definition) is 2. The highest BCUT2D eigenvalue weighted by molar-refractivity contribution is 9.10. The van der Waals surface area contributed by atoms with E-state index in [9.17, 15) is 9.90 Å². The fraction of sp³-hybridized carbons (Fsp3) is 0.308. The van der Waals surface area contributed by atoms with Gasteiger partial charge >= 0.3 is 5.97 Å². The number of carbonyl (C=O) groups is 1. The van der Waals surface area contributed by atoms with Crippen molar-refractivity contribution in [3.63, 3.8) is 0 Å². The Balaban J connectivity index is 2.09. The molecule has 3 unspecified atom stereocenters. The molecule has 0 amide bonds. The second-order valence-corrected chi connectivity index (χ2v) is 5.46. The van der Waals surface area contributed by atoms with Crippen LogP contribution in [0, 0.1) is 5.92 Å². The first kappa shape index (κ1) is 10.8. The lowest BCUT2D eigenvalue weighted by atomic mass is 9.79. The molecule has 17 heavy (non-hydrogen) atoms. The van der Waals surface area contributed by atoms with Gasteiger partial charge in [0.25, 0.3) is 0 Å². The zero-order valence-corrected chi connectivity index (χ0v) is 10.6. The van der Waals surface area contributed by atoms with E-state index in [-0.39, 0.29) is 11.8 Å². The molecule has 0 spiro atoms. The van der Waals surface area contributed by atoms with Crippen LogP contribution in [0.15, 0.2) is 34.8 Å². The molecule has 4 heteroatoms. The Bertz CT molecular complexity index is 512. The number of anilines is 1. The molecule has 0 saturated carbocycles.